The van der Waals surface area contributed by atoms with E-state index in [0.717, 1.165) is 5.56 Å². The van der Waals surface area contributed by atoms with Crippen molar-refractivity contribution < 1.29 is 14.3 Å². The fourth-order valence-corrected chi connectivity index (χ4v) is 1.70. The fraction of sp³-hybridized carbons (Fsp3) is 0.133. The molecule has 2 rings (SSSR count). The van der Waals surface area contributed by atoms with Crippen LogP contribution >= 0.6 is 0 Å². The van der Waals surface area contributed by atoms with Crippen molar-refractivity contribution in [2.45, 2.75) is 6.92 Å². The Kier molecular flexibility index (Phi) is 3.71. The van der Waals surface area contributed by atoms with Gasteiger partial charge < -0.3 is 15.2 Å². The zero-order chi connectivity index (χ0) is 13.8. The van der Waals surface area contributed by atoms with Crippen LogP contribution in [0.15, 0.2) is 42.5 Å². The summed E-state index contributed by atoms with van der Waals surface area (Å²) in [4.78, 5) is 11.5. The molecule has 0 heterocycles. The maximum absolute atomic E-state index is 11.5. The van der Waals surface area contributed by atoms with Crippen molar-refractivity contribution in [1.29, 1.82) is 0 Å². The number of hydrogen-bond acceptors (Lipinski definition) is 4. The summed E-state index contributed by atoms with van der Waals surface area (Å²) in [6.07, 6.45) is 0. The number of rotatable bonds is 3. The van der Waals surface area contributed by atoms with Crippen LogP contribution in [-0.4, -0.2) is 13.1 Å². The molecule has 19 heavy (non-hydrogen) atoms. The molecule has 0 aromatic heterocycles. The highest BCUT2D eigenvalue weighted by atomic mass is 16.5. The van der Waals surface area contributed by atoms with Gasteiger partial charge in [0.2, 0.25) is 0 Å². The monoisotopic (exact) mass is 257 g/mol. The van der Waals surface area contributed by atoms with Crippen LogP contribution in [0.4, 0.5) is 5.69 Å². The zero-order valence-electron chi connectivity index (χ0n) is 10.8. The molecule has 0 unspecified atom stereocenters. The number of hydrogen-bond donors (Lipinski definition) is 1. The maximum Gasteiger partial charge on any atom is 0.340 e. The quantitative estimate of drug-likeness (QED) is 0.677. The molecular formula is C15H15NO3. The topological polar surface area (TPSA) is 61.5 Å². The summed E-state index contributed by atoms with van der Waals surface area (Å²) in [5, 5.41) is 0. The van der Waals surface area contributed by atoms with Crippen LogP contribution in [0.2, 0.25) is 0 Å². The number of esters is 1. The lowest BCUT2D eigenvalue weighted by atomic mass is 10.1. The van der Waals surface area contributed by atoms with Gasteiger partial charge in [-0.25, -0.2) is 4.79 Å². The summed E-state index contributed by atoms with van der Waals surface area (Å²) >= 11 is 0. The van der Waals surface area contributed by atoms with E-state index < -0.39 is 5.97 Å². The molecule has 0 saturated carbocycles. The van der Waals surface area contributed by atoms with Crippen LogP contribution < -0.4 is 10.5 Å². The standard InChI is InChI=1S/C15H15NO3/c1-10-4-3-5-11(8-10)19-12-6-7-14(16)13(9-12)15(17)18-2/h3-9H,16H2,1-2H3. The van der Waals surface area contributed by atoms with Gasteiger partial charge in [0.1, 0.15) is 11.5 Å². The summed E-state index contributed by atoms with van der Waals surface area (Å²) in [6.45, 7) is 1.98. The van der Waals surface area contributed by atoms with Gasteiger partial charge in [0, 0.05) is 5.69 Å². The van der Waals surface area contributed by atoms with E-state index in [9.17, 15) is 4.79 Å². The molecule has 98 valence electrons. The van der Waals surface area contributed by atoms with Gasteiger partial charge in [-0.2, -0.15) is 0 Å². The molecule has 0 saturated heterocycles. The molecular weight excluding hydrogens is 242 g/mol. The average molecular weight is 257 g/mol. The molecule has 0 atom stereocenters. The average Bonchev–Trinajstić information content (AvgIpc) is 2.40. The Bertz CT molecular complexity index is 608. The van der Waals surface area contributed by atoms with Gasteiger partial charge in [0.15, 0.2) is 0 Å². The first-order chi connectivity index (χ1) is 9.10. The van der Waals surface area contributed by atoms with Crippen molar-refractivity contribution in [3.8, 4) is 11.5 Å². The summed E-state index contributed by atoms with van der Waals surface area (Å²) in [5.74, 6) is 0.771. The lowest BCUT2D eigenvalue weighted by Gasteiger charge is -2.09. The van der Waals surface area contributed by atoms with Crippen molar-refractivity contribution in [2.75, 3.05) is 12.8 Å². The van der Waals surface area contributed by atoms with Gasteiger partial charge in [0.05, 0.1) is 12.7 Å². The fourth-order valence-electron chi connectivity index (χ4n) is 1.70. The number of nitrogens with two attached hydrogens (primary N) is 1. The predicted octanol–water partition coefficient (Wildman–Crippen LogP) is 3.16. The maximum atomic E-state index is 11.5. The van der Waals surface area contributed by atoms with Gasteiger partial charge in [-0.15, -0.1) is 0 Å². The predicted molar refractivity (Wildman–Crippen MR) is 73.4 cm³/mol. The molecule has 0 bridgehead atoms. The number of ether oxygens (including phenoxy) is 2. The SMILES string of the molecule is COC(=O)c1cc(Oc2cccc(C)c2)ccc1N. The molecule has 0 aliphatic heterocycles. The van der Waals surface area contributed by atoms with Gasteiger partial charge in [0.25, 0.3) is 0 Å². The van der Waals surface area contributed by atoms with E-state index in [4.69, 9.17) is 10.5 Å². The van der Waals surface area contributed by atoms with Crippen molar-refractivity contribution in [2.24, 2.45) is 0 Å². The second-order valence-corrected chi connectivity index (χ2v) is 4.16. The van der Waals surface area contributed by atoms with Crippen LogP contribution in [-0.2, 0) is 4.74 Å². The number of nitrogen functional groups attached to an aromatic ring is 1. The highest BCUT2D eigenvalue weighted by molar-refractivity contribution is 5.95. The number of methoxy groups -OCH3 is 1. The van der Waals surface area contributed by atoms with Crippen LogP contribution in [0, 0.1) is 6.92 Å². The molecule has 0 amide bonds. The van der Waals surface area contributed by atoms with E-state index in [0.29, 0.717) is 22.7 Å². The second kappa shape index (κ2) is 5.44. The number of anilines is 1. The molecule has 2 N–H and O–H groups in total. The highest BCUT2D eigenvalue weighted by Crippen LogP contribution is 2.26. The Morgan fingerprint density at radius 1 is 1.11 bits per heavy atom. The van der Waals surface area contributed by atoms with Crippen LogP contribution in [0.25, 0.3) is 0 Å². The molecule has 2 aromatic carbocycles. The first kappa shape index (κ1) is 13.0. The van der Waals surface area contributed by atoms with E-state index >= 15 is 0 Å². The highest BCUT2D eigenvalue weighted by Gasteiger charge is 2.11. The summed E-state index contributed by atoms with van der Waals surface area (Å²) in [7, 11) is 1.32. The van der Waals surface area contributed by atoms with Gasteiger partial charge in [-0.05, 0) is 42.8 Å². The molecule has 4 nitrogen and oxygen atoms in total. The molecule has 4 heteroatoms. The van der Waals surface area contributed by atoms with E-state index in [-0.39, 0.29) is 0 Å². The Morgan fingerprint density at radius 3 is 2.53 bits per heavy atom. The first-order valence-corrected chi connectivity index (χ1v) is 5.82. The number of aryl methyl sites for hydroxylation is 1. The minimum absolute atomic E-state index is 0.299. The summed E-state index contributed by atoms with van der Waals surface area (Å²) in [5.41, 5.74) is 7.49. The van der Waals surface area contributed by atoms with Crippen molar-refractivity contribution >= 4 is 11.7 Å². The lowest BCUT2D eigenvalue weighted by molar-refractivity contribution is 0.0601. The van der Waals surface area contributed by atoms with Gasteiger partial charge in [-0.3, -0.25) is 0 Å². The smallest absolute Gasteiger partial charge is 0.340 e. The Balaban J connectivity index is 2.29. The Morgan fingerprint density at radius 2 is 1.84 bits per heavy atom. The van der Waals surface area contributed by atoms with Crippen molar-refractivity contribution in [1.82, 2.24) is 0 Å². The molecule has 2 aromatic rings. The van der Waals surface area contributed by atoms with Crippen LogP contribution in [0.3, 0.4) is 0 Å². The Labute approximate surface area is 111 Å². The summed E-state index contributed by atoms with van der Waals surface area (Å²) in [6, 6.07) is 12.6. The molecule has 0 aliphatic carbocycles. The largest absolute Gasteiger partial charge is 0.465 e. The minimum Gasteiger partial charge on any atom is -0.465 e. The third kappa shape index (κ3) is 3.04. The molecule has 0 spiro atoms. The second-order valence-electron chi connectivity index (χ2n) is 4.16. The van der Waals surface area contributed by atoms with E-state index in [1.807, 2.05) is 31.2 Å². The van der Waals surface area contributed by atoms with Crippen molar-refractivity contribution in [3.63, 3.8) is 0 Å². The number of benzene rings is 2. The third-order valence-corrected chi connectivity index (χ3v) is 2.66. The molecule has 0 aliphatic rings. The van der Waals surface area contributed by atoms with E-state index in [1.165, 1.54) is 7.11 Å². The van der Waals surface area contributed by atoms with Crippen LogP contribution in [0.5, 0.6) is 11.5 Å². The number of carbonyl (C=O) groups excluding carboxylic acids is 1. The van der Waals surface area contributed by atoms with E-state index in [1.54, 1.807) is 18.2 Å². The molecule has 0 fully saturated rings. The van der Waals surface area contributed by atoms with Crippen molar-refractivity contribution in [3.05, 3.63) is 53.6 Å². The van der Waals surface area contributed by atoms with E-state index in [2.05, 4.69) is 4.74 Å². The van der Waals surface area contributed by atoms with Crippen LogP contribution in [0.1, 0.15) is 15.9 Å². The third-order valence-electron chi connectivity index (χ3n) is 2.66. The Hall–Kier alpha value is -2.49. The number of carbonyl (C=O) groups is 1. The van der Waals surface area contributed by atoms with Gasteiger partial charge >= 0.3 is 5.97 Å². The zero-order valence-corrected chi connectivity index (χ0v) is 10.8. The summed E-state index contributed by atoms with van der Waals surface area (Å²) < 4.78 is 10.4. The minimum atomic E-state index is -0.479. The lowest BCUT2D eigenvalue weighted by Crippen LogP contribution is -2.05. The normalized spacial score (nSPS) is 10.0. The van der Waals surface area contributed by atoms with Gasteiger partial charge in [-0.1, -0.05) is 12.1 Å². The first-order valence-electron chi connectivity index (χ1n) is 5.82. The molecule has 0 radical (unpaired) electrons.